The number of carbonyl (C=O) groups excluding carboxylic acids is 1. The van der Waals surface area contributed by atoms with Crippen LogP contribution in [-0.4, -0.2) is 16.8 Å². The molecule has 0 radical (unpaired) electrons. The SMILES string of the molecule is Cc1ccc(NC(=S)Nc2cccc(SCC(=O)Nc3cccc(C)c3C)c2)cc1. The summed E-state index contributed by atoms with van der Waals surface area (Å²) in [5, 5.41) is 9.88. The Hall–Kier alpha value is -2.83. The van der Waals surface area contributed by atoms with Gasteiger partial charge in [0.05, 0.1) is 5.75 Å². The third-order valence-electron chi connectivity index (χ3n) is 4.65. The largest absolute Gasteiger partial charge is 0.332 e. The standard InChI is InChI=1S/C24H25N3OS2/c1-16-10-12-19(13-11-16)25-24(29)26-20-7-5-8-21(14-20)30-15-23(28)27-22-9-4-6-17(2)18(22)3/h4-14H,15H2,1-3H3,(H,27,28)(H2,25,26,29). The van der Waals surface area contributed by atoms with Gasteiger partial charge in [-0.15, -0.1) is 11.8 Å². The maximum Gasteiger partial charge on any atom is 0.234 e. The van der Waals surface area contributed by atoms with Crippen LogP contribution in [0.4, 0.5) is 17.1 Å². The first-order valence-electron chi connectivity index (χ1n) is 9.64. The lowest BCUT2D eigenvalue weighted by Crippen LogP contribution is -2.19. The summed E-state index contributed by atoms with van der Waals surface area (Å²) >= 11 is 6.89. The summed E-state index contributed by atoms with van der Waals surface area (Å²) in [6.07, 6.45) is 0. The van der Waals surface area contributed by atoms with Crippen molar-refractivity contribution in [2.24, 2.45) is 0 Å². The van der Waals surface area contributed by atoms with Crippen molar-refractivity contribution >= 4 is 52.1 Å². The van der Waals surface area contributed by atoms with E-state index in [0.29, 0.717) is 10.9 Å². The van der Waals surface area contributed by atoms with Crippen molar-refractivity contribution in [1.29, 1.82) is 0 Å². The molecule has 3 N–H and O–H groups in total. The molecule has 0 aliphatic rings. The Kier molecular flexibility index (Phi) is 7.49. The molecule has 3 rings (SSSR count). The highest BCUT2D eigenvalue weighted by molar-refractivity contribution is 8.00. The lowest BCUT2D eigenvalue weighted by molar-refractivity contribution is -0.113. The van der Waals surface area contributed by atoms with Crippen molar-refractivity contribution in [3.05, 3.63) is 83.4 Å². The molecule has 3 aromatic rings. The van der Waals surface area contributed by atoms with Gasteiger partial charge in [0.1, 0.15) is 0 Å². The van der Waals surface area contributed by atoms with Crippen LogP contribution in [0.1, 0.15) is 16.7 Å². The molecule has 0 saturated carbocycles. The van der Waals surface area contributed by atoms with Gasteiger partial charge in [0, 0.05) is 22.0 Å². The predicted molar refractivity (Wildman–Crippen MR) is 133 cm³/mol. The van der Waals surface area contributed by atoms with E-state index in [1.54, 1.807) is 0 Å². The van der Waals surface area contributed by atoms with E-state index in [2.05, 4.69) is 16.0 Å². The number of carbonyl (C=O) groups is 1. The van der Waals surface area contributed by atoms with Crippen molar-refractivity contribution in [1.82, 2.24) is 0 Å². The number of rotatable bonds is 6. The third kappa shape index (κ3) is 6.34. The van der Waals surface area contributed by atoms with Gasteiger partial charge in [0.25, 0.3) is 0 Å². The highest BCUT2D eigenvalue weighted by Crippen LogP contribution is 2.23. The van der Waals surface area contributed by atoms with Crippen molar-refractivity contribution in [3.8, 4) is 0 Å². The first-order valence-corrected chi connectivity index (χ1v) is 11.0. The highest BCUT2D eigenvalue weighted by Gasteiger charge is 2.08. The van der Waals surface area contributed by atoms with Gasteiger partial charge >= 0.3 is 0 Å². The molecule has 0 atom stereocenters. The zero-order chi connectivity index (χ0) is 21.5. The van der Waals surface area contributed by atoms with Gasteiger partial charge < -0.3 is 16.0 Å². The van der Waals surface area contributed by atoms with Crippen LogP contribution in [0.25, 0.3) is 0 Å². The van der Waals surface area contributed by atoms with Crippen LogP contribution < -0.4 is 16.0 Å². The summed E-state index contributed by atoms with van der Waals surface area (Å²) in [7, 11) is 0. The van der Waals surface area contributed by atoms with Crippen molar-refractivity contribution in [3.63, 3.8) is 0 Å². The number of aryl methyl sites for hydroxylation is 2. The number of benzene rings is 3. The molecule has 0 spiro atoms. The summed E-state index contributed by atoms with van der Waals surface area (Å²) in [6, 6.07) is 21.8. The van der Waals surface area contributed by atoms with Gasteiger partial charge in [-0.1, -0.05) is 35.9 Å². The summed E-state index contributed by atoms with van der Waals surface area (Å²) in [5.41, 5.74) is 6.13. The molecule has 0 saturated heterocycles. The molecule has 0 unspecified atom stereocenters. The molecular formula is C24H25N3OS2. The van der Waals surface area contributed by atoms with Crippen LogP contribution in [0.15, 0.2) is 71.6 Å². The van der Waals surface area contributed by atoms with Crippen molar-refractivity contribution < 1.29 is 4.79 Å². The minimum atomic E-state index is -0.0244. The van der Waals surface area contributed by atoms with Crippen LogP contribution in [0.2, 0.25) is 0 Å². The van der Waals surface area contributed by atoms with Crippen LogP contribution in [0, 0.1) is 20.8 Å². The number of hydrogen-bond donors (Lipinski definition) is 3. The molecule has 3 aromatic carbocycles. The molecule has 0 aliphatic carbocycles. The lowest BCUT2D eigenvalue weighted by atomic mass is 10.1. The fourth-order valence-corrected chi connectivity index (χ4v) is 3.81. The zero-order valence-electron chi connectivity index (χ0n) is 17.3. The number of thioether (sulfide) groups is 1. The average Bonchev–Trinajstić information content (AvgIpc) is 2.72. The quantitative estimate of drug-likeness (QED) is 0.320. The Morgan fingerprint density at radius 3 is 2.33 bits per heavy atom. The smallest absolute Gasteiger partial charge is 0.234 e. The van der Waals surface area contributed by atoms with E-state index in [1.807, 2.05) is 87.5 Å². The molecule has 6 heteroatoms. The van der Waals surface area contributed by atoms with Crippen LogP contribution >= 0.6 is 24.0 Å². The number of thiocarbonyl (C=S) groups is 1. The Morgan fingerprint density at radius 1 is 0.867 bits per heavy atom. The molecule has 0 aromatic heterocycles. The Balaban J connectivity index is 1.53. The monoisotopic (exact) mass is 435 g/mol. The summed E-state index contributed by atoms with van der Waals surface area (Å²) in [6.45, 7) is 6.10. The van der Waals surface area contributed by atoms with Crippen molar-refractivity contribution in [2.75, 3.05) is 21.7 Å². The maximum atomic E-state index is 12.4. The number of nitrogens with one attached hydrogen (secondary N) is 3. The van der Waals surface area contributed by atoms with Gasteiger partial charge in [0.15, 0.2) is 5.11 Å². The molecule has 4 nitrogen and oxygen atoms in total. The van der Waals surface area contributed by atoms with Gasteiger partial charge in [-0.3, -0.25) is 4.79 Å². The first-order chi connectivity index (χ1) is 14.4. The summed E-state index contributed by atoms with van der Waals surface area (Å²) < 4.78 is 0. The number of anilines is 3. The summed E-state index contributed by atoms with van der Waals surface area (Å²) in [4.78, 5) is 13.4. The van der Waals surface area contributed by atoms with E-state index in [-0.39, 0.29) is 5.91 Å². The minimum absolute atomic E-state index is 0.0244. The predicted octanol–water partition coefficient (Wildman–Crippen LogP) is 6.15. The fourth-order valence-electron chi connectivity index (χ4n) is 2.82. The molecule has 0 aliphatic heterocycles. The Labute approximate surface area is 187 Å². The number of hydrogen-bond acceptors (Lipinski definition) is 3. The van der Waals surface area contributed by atoms with E-state index in [4.69, 9.17) is 12.2 Å². The second kappa shape index (κ2) is 10.3. The van der Waals surface area contributed by atoms with Gasteiger partial charge in [-0.2, -0.15) is 0 Å². The van der Waals surface area contributed by atoms with E-state index in [0.717, 1.165) is 33.1 Å². The molecule has 154 valence electrons. The fraction of sp³-hybridized carbons (Fsp3) is 0.167. The molecule has 1 amide bonds. The minimum Gasteiger partial charge on any atom is -0.332 e. The van der Waals surface area contributed by atoms with E-state index in [1.165, 1.54) is 17.3 Å². The van der Waals surface area contributed by atoms with Gasteiger partial charge in [0.2, 0.25) is 5.91 Å². The Morgan fingerprint density at radius 2 is 1.57 bits per heavy atom. The second-order valence-corrected chi connectivity index (χ2v) is 8.51. The van der Waals surface area contributed by atoms with Crippen LogP contribution in [-0.2, 0) is 4.79 Å². The second-order valence-electron chi connectivity index (χ2n) is 7.06. The normalized spacial score (nSPS) is 10.4. The molecule has 0 fully saturated rings. The first kappa shape index (κ1) is 21.9. The topological polar surface area (TPSA) is 53.2 Å². The zero-order valence-corrected chi connectivity index (χ0v) is 18.9. The number of amides is 1. The lowest BCUT2D eigenvalue weighted by Gasteiger charge is -2.12. The van der Waals surface area contributed by atoms with E-state index in [9.17, 15) is 4.79 Å². The Bertz CT molecular complexity index is 1050. The molecular weight excluding hydrogens is 410 g/mol. The van der Waals surface area contributed by atoms with Crippen LogP contribution in [0.3, 0.4) is 0 Å². The van der Waals surface area contributed by atoms with E-state index >= 15 is 0 Å². The van der Waals surface area contributed by atoms with E-state index < -0.39 is 0 Å². The average molecular weight is 436 g/mol. The summed E-state index contributed by atoms with van der Waals surface area (Å²) in [5.74, 6) is 0.312. The van der Waals surface area contributed by atoms with Crippen LogP contribution in [0.5, 0.6) is 0 Å². The van der Waals surface area contributed by atoms with Gasteiger partial charge in [-0.05, 0) is 80.5 Å². The molecule has 30 heavy (non-hydrogen) atoms. The molecule has 0 bridgehead atoms. The third-order valence-corrected chi connectivity index (χ3v) is 5.85. The van der Waals surface area contributed by atoms with Crippen molar-refractivity contribution in [2.45, 2.75) is 25.7 Å². The maximum absolute atomic E-state index is 12.4. The molecule has 0 heterocycles. The van der Waals surface area contributed by atoms with Gasteiger partial charge in [-0.25, -0.2) is 0 Å². The highest BCUT2D eigenvalue weighted by atomic mass is 32.2.